The molecular formula is C35H35FN8O2. The lowest BCUT2D eigenvalue weighted by molar-refractivity contribution is -0.123. The lowest BCUT2D eigenvalue weighted by Crippen LogP contribution is -2.27. The van der Waals surface area contributed by atoms with E-state index in [2.05, 4.69) is 40.3 Å². The smallest absolute Gasteiger partial charge is 0.229 e. The zero-order chi connectivity index (χ0) is 31.8. The number of nitrogens with one attached hydrogen (secondary N) is 3. The number of nitrogens with zero attached hydrogens (tertiary/aromatic N) is 5. The number of carbonyl (C=O) groups excluding carboxylic acids is 1. The minimum absolute atomic E-state index is 0.0932. The summed E-state index contributed by atoms with van der Waals surface area (Å²) in [5.74, 6) is 0.0390. The van der Waals surface area contributed by atoms with Crippen LogP contribution in [0.25, 0.3) is 55.6 Å². The number of halogens is 1. The summed E-state index contributed by atoms with van der Waals surface area (Å²) in [6.07, 6.45) is 11.0. The average Bonchev–Trinajstić information content (AvgIpc) is 3.80. The van der Waals surface area contributed by atoms with E-state index in [1.54, 1.807) is 31.0 Å². The molecular weight excluding hydrogens is 583 g/mol. The lowest BCUT2D eigenvalue weighted by atomic mass is 9.95. The Labute approximate surface area is 265 Å². The first-order valence-corrected chi connectivity index (χ1v) is 15.5. The number of rotatable bonds is 8. The molecule has 11 heteroatoms. The van der Waals surface area contributed by atoms with Gasteiger partial charge in [-0.05, 0) is 61.8 Å². The molecule has 46 heavy (non-hydrogen) atoms. The van der Waals surface area contributed by atoms with Crippen LogP contribution in [0.4, 0.5) is 10.1 Å². The van der Waals surface area contributed by atoms with Crippen LogP contribution in [-0.2, 0) is 4.79 Å². The van der Waals surface area contributed by atoms with Crippen molar-refractivity contribution in [1.82, 2.24) is 35.0 Å². The number of aromatic amines is 2. The standard InChI is InChI=1S/C35H35FN8O2/c1-35(2,3)34(45)40-25-11-22(16-37-18-25)23-13-28-32(42-43-33(28)39-17-23)30-15-27-29(19-38-20-31(27)41-30)21-10-24(36)14-26(12-21)46-9-8-44-6-4-5-7-44/h10-20,41H,4-9H2,1-3H3,(H,40,45)(H,39,42,43). The van der Waals surface area contributed by atoms with Crippen molar-refractivity contribution < 1.29 is 13.9 Å². The van der Waals surface area contributed by atoms with Gasteiger partial charge in [0.15, 0.2) is 5.65 Å². The summed E-state index contributed by atoms with van der Waals surface area (Å²) in [5.41, 5.74) is 6.07. The van der Waals surface area contributed by atoms with Gasteiger partial charge in [-0.3, -0.25) is 24.8 Å². The first kappa shape index (κ1) is 29.5. The summed E-state index contributed by atoms with van der Waals surface area (Å²) in [6.45, 7) is 9.10. The molecule has 1 saturated heterocycles. The number of H-pyrrole nitrogens is 2. The van der Waals surface area contributed by atoms with Gasteiger partial charge in [0, 0.05) is 64.1 Å². The summed E-state index contributed by atoms with van der Waals surface area (Å²) >= 11 is 0. The molecule has 6 heterocycles. The number of aromatic nitrogens is 6. The van der Waals surface area contributed by atoms with Crippen LogP contribution in [0, 0.1) is 11.2 Å². The Hall–Kier alpha value is -5.16. The van der Waals surface area contributed by atoms with Crippen LogP contribution in [0.5, 0.6) is 5.75 Å². The third kappa shape index (κ3) is 6.05. The summed E-state index contributed by atoms with van der Waals surface area (Å²) < 4.78 is 20.8. The Morgan fingerprint density at radius 1 is 0.935 bits per heavy atom. The summed E-state index contributed by atoms with van der Waals surface area (Å²) in [7, 11) is 0. The van der Waals surface area contributed by atoms with Gasteiger partial charge in [-0.2, -0.15) is 5.10 Å². The molecule has 0 aliphatic carbocycles. The van der Waals surface area contributed by atoms with Crippen molar-refractivity contribution in [2.75, 3.05) is 31.6 Å². The van der Waals surface area contributed by atoms with E-state index in [0.717, 1.165) is 64.0 Å². The van der Waals surface area contributed by atoms with E-state index >= 15 is 0 Å². The molecule has 0 radical (unpaired) electrons. The highest BCUT2D eigenvalue weighted by molar-refractivity contribution is 6.01. The molecule has 1 fully saturated rings. The topological polar surface area (TPSA) is 125 Å². The average molecular weight is 619 g/mol. The first-order valence-electron chi connectivity index (χ1n) is 15.5. The van der Waals surface area contributed by atoms with Gasteiger partial charge in [-0.25, -0.2) is 9.37 Å². The summed E-state index contributed by atoms with van der Waals surface area (Å²) in [4.78, 5) is 31.7. The summed E-state index contributed by atoms with van der Waals surface area (Å²) in [5, 5.41) is 12.2. The fourth-order valence-corrected chi connectivity index (χ4v) is 5.76. The monoisotopic (exact) mass is 618 g/mol. The van der Waals surface area contributed by atoms with Crippen molar-refractivity contribution in [3.05, 3.63) is 73.2 Å². The van der Waals surface area contributed by atoms with Crippen LogP contribution < -0.4 is 10.1 Å². The van der Waals surface area contributed by atoms with Gasteiger partial charge >= 0.3 is 0 Å². The van der Waals surface area contributed by atoms with Gasteiger partial charge in [0.05, 0.1) is 35.0 Å². The number of hydrogen-bond acceptors (Lipinski definition) is 7. The Balaban J connectivity index is 1.19. The number of hydrogen-bond donors (Lipinski definition) is 3. The van der Waals surface area contributed by atoms with Crippen LogP contribution in [0.15, 0.2) is 67.4 Å². The van der Waals surface area contributed by atoms with Crippen LogP contribution >= 0.6 is 0 Å². The third-order valence-electron chi connectivity index (χ3n) is 8.29. The van der Waals surface area contributed by atoms with E-state index in [-0.39, 0.29) is 11.7 Å². The number of ether oxygens (including phenoxy) is 1. The molecule has 234 valence electrons. The fourth-order valence-electron chi connectivity index (χ4n) is 5.76. The molecule has 0 atom stereocenters. The molecule has 3 N–H and O–H groups in total. The predicted octanol–water partition coefficient (Wildman–Crippen LogP) is 6.83. The van der Waals surface area contributed by atoms with Crippen molar-refractivity contribution in [2.45, 2.75) is 33.6 Å². The van der Waals surface area contributed by atoms with E-state index < -0.39 is 5.41 Å². The van der Waals surface area contributed by atoms with Crippen LogP contribution in [-0.4, -0.2) is 67.2 Å². The molecule has 0 unspecified atom stereocenters. The summed E-state index contributed by atoms with van der Waals surface area (Å²) in [6, 6.07) is 10.7. The number of fused-ring (bicyclic) bond motifs is 2. The SMILES string of the molecule is CC(C)(C)C(=O)Nc1cncc(-c2cnc3n[nH]c(-c4cc5c(-c6cc(F)cc(OCCN7CCCC7)c6)cncc5[nH]4)c3c2)c1. The minimum atomic E-state index is -0.533. The molecule has 7 rings (SSSR count). The molecule has 5 aromatic heterocycles. The van der Waals surface area contributed by atoms with Crippen LogP contribution in [0.2, 0.25) is 0 Å². The Morgan fingerprint density at radius 3 is 2.57 bits per heavy atom. The highest BCUT2D eigenvalue weighted by atomic mass is 19.1. The first-order chi connectivity index (χ1) is 22.2. The number of carbonyl (C=O) groups is 1. The van der Waals surface area contributed by atoms with E-state index in [0.29, 0.717) is 29.3 Å². The number of likely N-dealkylation sites (tertiary alicyclic amines) is 1. The second-order valence-corrected chi connectivity index (χ2v) is 12.8. The molecule has 6 aromatic rings. The highest BCUT2D eigenvalue weighted by Crippen LogP contribution is 2.36. The van der Waals surface area contributed by atoms with E-state index in [9.17, 15) is 9.18 Å². The van der Waals surface area contributed by atoms with E-state index in [4.69, 9.17) is 4.74 Å². The zero-order valence-corrected chi connectivity index (χ0v) is 26.0. The highest BCUT2D eigenvalue weighted by Gasteiger charge is 2.22. The fraction of sp³-hybridized carbons (Fsp3) is 0.286. The van der Waals surface area contributed by atoms with Crippen molar-refractivity contribution in [2.24, 2.45) is 5.41 Å². The molecule has 1 aliphatic rings. The van der Waals surface area contributed by atoms with E-state index in [1.165, 1.54) is 25.0 Å². The molecule has 1 aliphatic heterocycles. The Morgan fingerprint density at radius 2 is 1.74 bits per heavy atom. The minimum Gasteiger partial charge on any atom is -0.492 e. The van der Waals surface area contributed by atoms with Crippen LogP contribution in [0.1, 0.15) is 33.6 Å². The maximum Gasteiger partial charge on any atom is 0.229 e. The number of anilines is 1. The quantitative estimate of drug-likeness (QED) is 0.171. The van der Waals surface area contributed by atoms with Crippen molar-refractivity contribution in [3.8, 4) is 39.4 Å². The second kappa shape index (κ2) is 12.0. The number of pyridine rings is 3. The third-order valence-corrected chi connectivity index (χ3v) is 8.29. The van der Waals surface area contributed by atoms with Gasteiger partial charge in [0.2, 0.25) is 5.91 Å². The molecule has 1 amide bonds. The molecule has 0 saturated carbocycles. The Bertz CT molecular complexity index is 2060. The van der Waals surface area contributed by atoms with Gasteiger partial charge in [-0.1, -0.05) is 20.8 Å². The van der Waals surface area contributed by atoms with Gasteiger partial charge < -0.3 is 15.0 Å². The number of benzene rings is 1. The molecule has 0 bridgehead atoms. The number of amides is 1. The lowest BCUT2D eigenvalue weighted by Gasteiger charge is -2.17. The zero-order valence-electron chi connectivity index (χ0n) is 26.0. The largest absolute Gasteiger partial charge is 0.492 e. The van der Waals surface area contributed by atoms with E-state index in [1.807, 2.05) is 45.0 Å². The maximum atomic E-state index is 14.8. The second-order valence-electron chi connectivity index (χ2n) is 12.8. The van der Waals surface area contributed by atoms with Crippen molar-refractivity contribution in [3.63, 3.8) is 0 Å². The van der Waals surface area contributed by atoms with Crippen molar-refractivity contribution >= 4 is 33.5 Å². The molecule has 10 nitrogen and oxygen atoms in total. The van der Waals surface area contributed by atoms with Gasteiger partial charge in [0.1, 0.15) is 18.2 Å². The molecule has 0 spiro atoms. The Kier molecular flexibility index (Phi) is 7.69. The predicted molar refractivity (Wildman–Crippen MR) is 177 cm³/mol. The van der Waals surface area contributed by atoms with Crippen LogP contribution in [0.3, 0.4) is 0 Å². The van der Waals surface area contributed by atoms with Gasteiger partial charge in [0.25, 0.3) is 0 Å². The van der Waals surface area contributed by atoms with Gasteiger partial charge in [-0.15, -0.1) is 0 Å². The normalized spacial score (nSPS) is 13.9. The molecule has 1 aromatic carbocycles. The maximum absolute atomic E-state index is 14.8. The van der Waals surface area contributed by atoms with Crippen molar-refractivity contribution in [1.29, 1.82) is 0 Å².